The van der Waals surface area contributed by atoms with E-state index in [4.69, 9.17) is 9.47 Å². The highest BCUT2D eigenvalue weighted by molar-refractivity contribution is 7.92. The van der Waals surface area contributed by atoms with Crippen molar-refractivity contribution in [3.8, 4) is 22.8 Å². The van der Waals surface area contributed by atoms with Crippen molar-refractivity contribution in [2.45, 2.75) is 44.6 Å². The number of hydrogen-bond acceptors (Lipinski definition) is 9. The fourth-order valence-electron chi connectivity index (χ4n) is 5.19. The average molecular weight is 662 g/mol. The SMILES string of the molecule is COc1ncc(-c2cc(OC3CCN(S(=O)(=O)CC(C)C)CC3)c3ncnc(C)c3c2)cc1NS(=O)(=O)c1ccc(F)cc1F. The van der Waals surface area contributed by atoms with Crippen molar-refractivity contribution >= 4 is 36.6 Å². The first kappa shape index (κ1) is 32.4. The molecule has 1 fully saturated rings. The third kappa shape index (κ3) is 7.15. The summed E-state index contributed by atoms with van der Waals surface area (Å²) in [5.74, 6) is -1.67. The number of piperidine rings is 1. The van der Waals surface area contributed by atoms with Gasteiger partial charge in [0.25, 0.3) is 10.0 Å². The van der Waals surface area contributed by atoms with E-state index in [0.717, 1.165) is 12.1 Å². The maximum Gasteiger partial charge on any atom is 0.264 e. The van der Waals surface area contributed by atoms with Crippen LogP contribution in [-0.2, 0) is 20.0 Å². The molecule has 5 rings (SSSR count). The van der Waals surface area contributed by atoms with E-state index in [1.807, 2.05) is 26.8 Å². The molecule has 4 aromatic rings. The van der Waals surface area contributed by atoms with Crippen LogP contribution in [0.4, 0.5) is 14.5 Å². The number of pyridine rings is 1. The molecule has 0 amide bonds. The van der Waals surface area contributed by atoms with Crippen molar-refractivity contribution in [1.29, 1.82) is 0 Å². The quantitative estimate of drug-likeness (QED) is 0.251. The second-order valence-electron chi connectivity index (χ2n) is 11.2. The lowest BCUT2D eigenvalue weighted by atomic mass is 10.0. The van der Waals surface area contributed by atoms with Gasteiger partial charge in [-0.1, -0.05) is 13.8 Å². The van der Waals surface area contributed by atoms with Crippen molar-refractivity contribution in [2.75, 3.05) is 30.7 Å². The molecule has 1 aliphatic heterocycles. The van der Waals surface area contributed by atoms with Crippen LogP contribution in [0.2, 0.25) is 0 Å². The zero-order valence-electron chi connectivity index (χ0n) is 25.1. The molecule has 3 heterocycles. The highest BCUT2D eigenvalue weighted by Crippen LogP contribution is 2.36. The third-order valence-corrected chi connectivity index (χ3v) is 11.0. The number of halogens is 2. The van der Waals surface area contributed by atoms with E-state index in [9.17, 15) is 25.6 Å². The molecule has 1 N–H and O–H groups in total. The summed E-state index contributed by atoms with van der Waals surface area (Å²) >= 11 is 0. The Kier molecular flexibility index (Phi) is 9.23. The van der Waals surface area contributed by atoms with E-state index in [1.165, 1.54) is 30.0 Å². The molecular formula is C30H33F2N5O6S2. The molecule has 0 aliphatic carbocycles. The third-order valence-electron chi connectivity index (χ3n) is 7.34. The smallest absolute Gasteiger partial charge is 0.264 e. The van der Waals surface area contributed by atoms with Crippen LogP contribution in [0.15, 0.2) is 53.8 Å². The summed E-state index contributed by atoms with van der Waals surface area (Å²) in [6.45, 7) is 6.24. The molecule has 0 unspecified atom stereocenters. The Bertz CT molecular complexity index is 1950. The van der Waals surface area contributed by atoms with Crippen LogP contribution >= 0.6 is 0 Å². The van der Waals surface area contributed by atoms with Gasteiger partial charge in [0, 0.05) is 42.0 Å². The summed E-state index contributed by atoms with van der Waals surface area (Å²) in [4.78, 5) is 12.2. The average Bonchev–Trinajstić information content (AvgIpc) is 2.97. The second kappa shape index (κ2) is 12.8. The molecule has 15 heteroatoms. The minimum absolute atomic E-state index is 0.0216. The highest BCUT2D eigenvalue weighted by atomic mass is 32.2. The van der Waals surface area contributed by atoms with Crippen LogP contribution in [0.1, 0.15) is 32.4 Å². The maximum absolute atomic E-state index is 14.4. The van der Waals surface area contributed by atoms with Crippen molar-refractivity contribution in [3.05, 3.63) is 66.3 Å². The Balaban J connectivity index is 1.47. The van der Waals surface area contributed by atoms with Gasteiger partial charge in [0.05, 0.1) is 12.9 Å². The lowest BCUT2D eigenvalue weighted by Gasteiger charge is -2.32. The molecule has 0 saturated carbocycles. The molecular weight excluding hydrogens is 628 g/mol. The van der Waals surface area contributed by atoms with Gasteiger partial charge in [0.2, 0.25) is 15.9 Å². The van der Waals surface area contributed by atoms with Crippen LogP contribution in [0, 0.1) is 24.5 Å². The zero-order chi connectivity index (χ0) is 32.5. The number of methoxy groups -OCH3 is 1. The summed E-state index contributed by atoms with van der Waals surface area (Å²) in [6, 6.07) is 7.21. The zero-order valence-corrected chi connectivity index (χ0v) is 26.8. The number of nitrogens with one attached hydrogen (secondary N) is 1. The second-order valence-corrected chi connectivity index (χ2v) is 14.8. The predicted octanol–water partition coefficient (Wildman–Crippen LogP) is 4.92. The Morgan fingerprint density at radius 2 is 1.73 bits per heavy atom. The minimum atomic E-state index is -4.49. The fourth-order valence-corrected chi connectivity index (χ4v) is 8.12. The van der Waals surface area contributed by atoms with Crippen molar-refractivity contribution in [1.82, 2.24) is 19.3 Å². The van der Waals surface area contributed by atoms with Gasteiger partial charge >= 0.3 is 0 Å². The monoisotopic (exact) mass is 661 g/mol. The molecule has 45 heavy (non-hydrogen) atoms. The van der Waals surface area contributed by atoms with Crippen LogP contribution in [0.25, 0.3) is 22.0 Å². The van der Waals surface area contributed by atoms with Crippen LogP contribution in [-0.4, -0.2) is 68.1 Å². The molecule has 240 valence electrons. The predicted molar refractivity (Wildman–Crippen MR) is 165 cm³/mol. The molecule has 1 saturated heterocycles. The number of ether oxygens (including phenoxy) is 2. The van der Waals surface area contributed by atoms with Gasteiger partial charge in [0.15, 0.2) is 0 Å². The summed E-state index contributed by atoms with van der Waals surface area (Å²) in [7, 11) is -6.53. The van der Waals surface area contributed by atoms with Gasteiger partial charge in [0.1, 0.15) is 45.9 Å². The first-order chi connectivity index (χ1) is 21.3. The summed E-state index contributed by atoms with van der Waals surface area (Å²) in [5, 5.41) is 0.688. The van der Waals surface area contributed by atoms with E-state index in [1.54, 1.807) is 6.07 Å². The standard InChI is InChI=1S/C30H33F2N5O6S2/c1-18(2)16-44(38,39)37-9-7-23(8-10-37)43-27-13-20(11-24-19(3)34-17-35-29(24)27)21-12-26(30(42-4)33-15-21)36-45(40,41)28-6-5-22(31)14-25(28)32/h5-6,11-15,17-18,23,36H,7-10,16H2,1-4H3. The number of anilines is 1. The molecule has 0 spiro atoms. The van der Waals surface area contributed by atoms with Crippen LogP contribution in [0.3, 0.4) is 0 Å². The van der Waals surface area contributed by atoms with E-state index in [0.29, 0.717) is 65.5 Å². The van der Waals surface area contributed by atoms with Gasteiger partial charge in [-0.25, -0.2) is 44.9 Å². The van der Waals surface area contributed by atoms with Crippen molar-refractivity contribution < 1.29 is 35.1 Å². The van der Waals surface area contributed by atoms with Gasteiger partial charge in [-0.05, 0) is 61.6 Å². The Hall–Kier alpha value is -3.95. The normalized spacial score (nSPS) is 15.0. The molecule has 2 aromatic heterocycles. The number of sulfonamides is 2. The summed E-state index contributed by atoms with van der Waals surface area (Å²) in [6.07, 6.45) is 3.62. The lowest BCUT2D eigenvalue weighted by molar-refractivity contribution is 0.136. The number of rotatable bonds is 10. The Labute approximate surface area is 260 Å². The molecule has 11 nitrogen and oxygen atoms in total. The molecule has 0 atom stereocenters. The van der Waals surface area contributed by atoms with Crippen molar-refractivity contribution in [3.63, 3.8) is 0 Å². The first-order valence-electron chi connectivity index (χ1n) is 14.2. The number of hydrogen-bond donors (Lipinski definition) is 1. The van der Waals surface area contributed by atoms with Gasteiger partial charge in [-0.2, -0.15) is 0 Å². The van der Waals surface area contributed by atoms with E-state index >= 15 is 0 Å². The number of fused-ring (bicyclic) bond motifs is 1. The van der Waals surface area contributed by atoms with E-state index < -0.39 is 36.6 Å². The summed E-state index contributed by atoms with van der Waals surface area (Å²) < 4.78 is 94.8. The molecule has 1 aliphatic rings. The lowest BCUT2D eigenvalue weighted by Crippen LogP contribution is -2.43. The van der Waals surface area contributed by atoms with Crippen LogP contribution in [0.5, 0.6) is 11.6 Å². The number of benzene rings is 2. The topological polar surface area (TPSA) is 141 Å². The van der Waals surface area contributed by atoms with Gasteiger partial charge in [-0.3, -0.25) is 4.72 Å². The van der Waals surface area contributed by atoms with Gasteiger partial charge in [-0.15, -0.1) is 0 Å². The molecule has 0 radical (unpaired) electrons. The Morgan fingerprint density at radius 1 is 1.00 bits per heavy atom. The maximum atomic E-state index is 14.4. The van der Waals surface area contributed by atoms with Crippen molar-refractivity contribution in [2.24, 2.45) is 5.92 Å². The number of aromatic nitrogens is 3. The Morgan fingerprint density at radius 3 is 2.40 bits per heavy atom. The minimum Gasteiger partial charge on any atom is -0.488 e. The molecule has 2 aromatic carbocycles. The highest BCUT2D eigenvalue weighted by Gasteiger charge is 2.30. The number of aryl methyl sites for hydroxylation is 1. The fraction of sp³-hybridized carbons (Fsp3) is 0.367. The number of nitrogens with zero attached hydrogens (tertiary/aromatic N) is 4. The largest absolute Gasteiger partial charge is 0.488 e. The van der Waals surface area contributed by atoms with E-state index in [-0.39, 0.29) is 29.3 Å². The van der Waals surface area contributed by atoms with Gasteiger partial charge < -0.3 is 9.47 Å². The van der Waals surface area contributed by atoms with Crippen LogP contribution < -0.4 is 14.2 Å². The van der Waals surface area contributed by atoms with E-state index in [2.05, 4.69) is 19.7 Å². The summed E-state index contributed by atoms with van der Waals surface area (Å²) in [5.41, 5.74) is 2.23. The molecule has 0 bridgehead atoms. The first-order valence-corrected chi connectivity index (χ1v) is 17.3.